The van der Waals surface area contributed by atoms with Crippen LogP contribution in [0.4, 0.5) is 10.5 Å². The van der Waals surface area contributed by atoms with E-state index >= 15 is 0 Å². The van der Waals surface area contributed by atoms with E-state index in [2.05, 4.69) is 16.0 Å². The molecule has 7 nitrogen and oxygen atoms in total. The molecule has 0 spiro atoms. The quantitative estimate of drug-likeness (QED) is 0.549. The molecule has 0 aromatic heterocycles. The Balaban J connectivity index is 2.00. The van der Waals surface area contributed by atoms with Crippen molar-refractivity contribution in [2.75, 3.05) is 39.5 Å². The Kier molecular flexibility index (Phi) is 8.18. The molecule has 156 valence electrons. The van der Waals surface area contributed by atoms with Crippen LogP contribution in [0.3, 0.4) is 0 Å². The second kappa shape index (κ2) is 10.6. The molecule has 0 heterocycles. The molecule has 29 heavy (non-hydrogen) atoms. The lowest BCUT2D eigenvalue weighted by atomic mass is 9.95. The molecule has 0 fully saturated rings. The van der Waals surface area contributed by atoms with Crippen LogP contribution in [-0.2, 0) is 0 Å². The fraction of sp³-hybridized carbons (Fsp3) is 0.364. The normalized spacial score (nSPS) is 12.9. The summed E-state index contributed by atoms with van der Waals surface area (Å²) >= 11 is 0. The summed E-state index contributed by atoms with van der Waals surface area (Å²) in [5.74, 6) is -0.347. The number of rotatable bonds is 8. The molecule has 2 aromatic rings. The Morgan fingerprint density at radius 2 is 1.79 bits per heavy atom. The number of aliphatic hydroxyl groups excluding tert-OH is 1. The molecular weight excluding hydrogens is 368 g/mol. The number of aliphatic hydroxyl groups is 1. The minimum absolute atomic E-state index is 0.171. The monoisotopic (exact) mass is 398 g/mol. The molecule has 0 aliphatic heterocycles. The van der Waals surface area contributed by atoms with Crippen LogP contribution in [-0.4, -0.2) is 56.2 Å². The van der Waals surface area contributed by atoms with E-state index in [-0.39, 0.29) is 17.9 Å². The Labute approximate surface area is 172 Å². The predicted molar refractivity (Wildman–Crippen MR) is 115 cm³/mol. The van der Waals surface area contributed by atoms with Gasteiger partial charge >= 0.3 is 6.03 Å². The Bertz CT molecular complexity index is 824. The first-order valence-corrected chi connectivity index (χ1v) is 9.57. The molecule has 0 saturated heterocycles. The highest BCUT2D eigenvalue weighted by Crippen LogP contribution is 2.22. The first-order chi connectivity index (χ1) is 13.8. The molecular formula is C22H30N4O3. The molecule has 0 aliphatic rings. The standard InChI is InChI=1S/C22H30N4O3/c1-15-12-17(21(28)23-2)10-11-19(15)25-22(29)24-13-18(14-26(3)4)20(27)16-8-6-5-7-9-16/h5-12,18,20,27H,13-14H2,1-4H3,(H,23,28)(H2,24,25,29)/t18-,20-/m0/s1. The second-order valence-corrected chi connectivity index (χ2v) is 7.32. The first-order valence-electron chi connectivity index (χ1n) is 9.57. The highest BCUT2D eigenvalue weighted by atomic mass is 16.3. The predicted octanol–water partition coefficient (Wildman–Crippen LogP) is 2.39. The minimum Gasteiger partial charge on any atom is -0.388 e. The van der Waals surface area contributed by atoms with Gasteiger partial charge in [-0.2, -0.15) is 0 Å². The number of carbonyl (C=O) groups excluding carboxylic acids is 2. The van der Waals surface area contributed by atoms with Crippen molar-refractivity contribution in [2.45, 2.75) is 13.0 Å². The van der Waals surface area contributed by atoms with Gasteiger partial charge in [0.15, 0.2) is 0 Å². The number of urea groups is 1. The van der Waals surface area contributed by atoms with Crippen molar-refractivity contribution >= 4 is 17.6 Å². The third kappa shape index (κ3) is 6.58. The van der Waals surface area contributed by atoms with Gasteiger partial charge in [0, 0.05) is 37.3 Å². The van der Waals surface area contributed by atoms with Crippen molar-refractivity contribution in [1.82, 2.24) is 15.5 Å². The maximum absolute atomic E-state index is 12.4. The van der Waals surface area contributed by atoms with E-state index in [1.165, 1.54) is 0 Å². The van der Waals surface area contributed by atoms with Gasteiger partial charge < -0.3 is 26.0 Å². The van der Waals surface area contributed by atoms with Crippen LogP contribution in [0.2, 0.25) is 0 Å². The van der Waals surface area contributed by atoms with Crippen LogP contribution in [0, 0.1) is 12.8 Å². The molecule has 2 aromatic carbocycles. The number of carbonyl (C=O) groups is 2. The summed E-state index contributed by atoms with van der Waals surface area (Å²) in [4.78, 5) is 26.1. The number of hydrogen-bond donors (Lipinski definition) is 4. The zero-order chi connectivity index (χ0) is 21.4. The van der Waals surface area contributed by atoms with Crippen LogP contribution < -0.4 is 16.0 Å². The summed E-state index contributed by atoms with van der Waals surface area (Å²) in [6.07, 6.45) is -0.688. The van der Waals surface area contributed by atoms with Crippen LogP contribution in [0.15, 0.2) is 48.5 Å². The first kappa shape index (κ1) is 22.4. The number of amides is 3. The van der Waals surface area contributed by atoms with Gasteiger partial charge in [-0.1, -0.05) is 30.3 Å². The Morgan fingerprint density at radius 1 is 1.10 bits per heavy atom. The molecule has 4 N–H and O–H groups in total. The molecule has 2 rings (SSSR count). The molecule has 7 heteroatoms. The third-order valence-electron chi connectivity index (χ3n) is 4.68. The van der Waals surface area contributed by atoms with Gasteiger partial charge in [-0.15, -0.1) is 0 Å². The lowest BCUT2D eigenvalue weighted by Gasteiger charge is -2.26. The van der Waals surface area contributed by atoms with Gasteiger partial charge in [-0.25, -0.2) is 4.79 Å². The lowest BCUT2D eigenvalue weighted by Crippen LogP contribution is -2.39. The fourth-order valence-electron chi connectivity index (χ4n) is 3.15. The summed E-state index contributed by atoms with van der Waals surface area (Å²) in [5, 5.41) is 19.0. The van der Waals surface area contributed by atoms with Crippen LogP contribution in [0.1, 0.15) is 27.6 Å². The topological polar surface area (TPSA) is 93.7 Å². The number of nitrogens with zero attached hydrogens (tertiary/aromatic N) is 1. The molecule has 0 aliphatic carbocycles. The maximum Gasteiger partial charge on any atom is 0.319 e. The summed E-state index contributed by atoms with van der Waals surface area (Å²) in [6.45, 7) is 2.77. The molecule has 0 saturated carbocycles. The van der Waals surface area contributed by atoms with E-state index in [0.717, 1.165) is 11.1 Å². The Morgan fingerprint density at radius 3 is 2.38 bits per heavy atom. The zero-order valence-corrected chi connectivity index (χ0v) is 17.4. The SMILES string of the molecule is CNC(=O)c1ccc(NC(=O)NC[C@@H](CN(C)C)[C@@H](O)c2ccccc2)c(C)c1. The van der Waals surface area contributed by atoms with E-state index < -0.39 is 6.10 Å². The van der Waals surface area contributed by atoms with Crippen molar-refractivity contribution in [1.29, 1.82) is 0 Å². The second-order valence-electron chi connectivity index (χ2n) is 7.32. The number of nitrogens with one attached hydrogen (secondary N) is 3. The molecule has 2 atom stereocenters. The highest BCUT2D eigenvalue weighted by molar-refractivity contribution is 5.96. The van der Waals surface area contributed by atoms with Crippen molar-refractivity contribution < 1.29 is 14.7 Å². The summed E-state index contributed by atoms with van der Waals surface area (Å²) < 4.78 is 0. The number of anilines is 1. The van der Waals surface area contributed by atoms with Crippen molar-refractivity contribution in [3.63, 3.8) is 0 Å². The average molecular weight is 399 g/mol. The van der Waals surface area contributed by atoms with Gasteiger partial charge in [-0.3, -0.25) is 4.79 Å². The highest BCUT2D eigenvalue weighted by Gasteiger charge is 2.22. The zero-order valence-electron chi connectivity index (χ0n) is 17.4. The minimum atomic E-state index is -0.688. The lowest BCUT2D eigenvalue weighted by molar-refractivity contribution is 0.0911. The fourth-order valence-corrected chi connectivity index (χ4v) is 3.15. The van der Waals surface area contributed by atoms with E-state index in [9.17, 15) is 14.7 Å². The number of hydrogen-bond acceptors (Lipinski definition) is 4. The van der Waals surface area contributed by atoms with Gasteiger partial charge in [0.2, 0.25) is 0 Å². The Hall–Kier alpha value is -2.90. The maximum atomic E-state index is 12.4. The van der Waals surface area contributed by atoms with Crippen molar-refractivity contribution in [3.05, 3.63) is 65.2 Å². The average Bonchev–Trinajstić information content (AvgIpc) is 2.71. The van der Waals surface area contributed by atoms with Gasteiger partial charge in [0.25, 0.3) is 5.91 Å². The van der Waals surface area contributed by atoms with Gasteiger partial charge in [-0.05, 0) is 50.3 Å². The largest absolute Gasteiger partial charge is 0.388 e. The molecule has 0 unspecified atom stereocenters. The smallest absolute Gasteiger partial charge is 0.319 e. The van der Waals surface area contributed by atoms with Crippen molar-refractivity contribution in [2.24, 2.45) is 5.92 Å². The van der Waals surface area contributed by atoms with E-state index in [1.807, 2.05) is 56.3 Å². The summed E-state index contributed by atoms with van der Waals surface area (Å²) in [7, 11) is 5.44. The van der Waals surface area contributed by atoms with Crippen LogP contribution >= 0.6 is 0 Å². The number of benzene rings is 2. The molecule has 3 amide bonds. The van der Waals surface area contributed by atoms with Crippen LogP contribution in [0.5, 0.6) is 0 Å². The molecule has 0 radical (unpaired) electrons. The number of aryl methyl sites for hydroxylation is 1. The van der Waals surface area contributed by atoms with Gasteiger partial charge in [0.1, 0.15) is 0 Å². The summed E-state index contributed by atoms with van der Waals surface area (Å²) in [6, 6.07) is 14.2. The van der Waals surface area contributed by atoms with Crippen molar-refractivity contribution in [3.8, 4) is 0 Å². The van der Waals surface area contributed by atoms with E-state index in [1.54, 1.807) is 25.2 Å². The van der Waals surface area contributed by atoms with Crippen LogP contribution in [0.25, 0.3) is 0 Å². The van der Waals surface area contributed by atoms with Gasteiger partial charge in [0.05, 0.1) is 6.10 Å². The van der Waals surface area contributed by atoms with E-state index in [4.69, 9.17) is 0 Å². The molecule has 0 bridgehead atoms. The summed E-state index contributed by atoms with van der Waals surface area (Å²) in [5.41, 5.74) is 2.77. The van der Waals surface area contributed by atoms with E-state index in [0.29, 0.717) is 24.3 Å². The third-order valence-corrected chi connectivity index (χ3v) is 4.68.